The highest BCUT2D eigenvalue weighted by molar-refractivity contribution is 7.46. The first-order valence-corrected chi connectivity index (χ1v) is 7.06. The van der Waals surface area contributed by atoms with Crippen molar-refractivity contribution in [1.29, 1.82) is 0 Å². The molecule has 0 saturated heterocycles. The van der Waals surface area contributed by atoms with Crippen molar-refractivity contribution < 1.29 is 18.9 Å². The van der Waals surface area contributed by atoms with Crippen molar-refractivity contribution in [3.05, 3.63) is 27.2 Å². The molecule has 2 aromatic heterocycles. The Morgan fingerprint density at radius 2 is 2.00 bits per heavy atom. The monoisotopic (exact) mass is 304 g/mol. The van der Waals surface area contributed by atoms with E-state index in [1.165, 1.54) is 22.5 Å². The summed E-state index contributed by atoms with van der Waals surface area (Å²) in [6, 6.07) is 0. The molecule has 110 valence electrons. The molecule has 0 aliphatic heterocycles. The molecule has 10 nitrogen and oxygen atoms in total. The van der Waals surface area contributed by atoms with E-state index in [9.17, 15) is 14.2 Å². The Labute approximate surface area is 112 Å². The van der Waals surface area contributed by atoms with E-state index in [1.54, 1.807) is 7.05 Å². The van der Waals surface area contributed by atoms with Crippen LogP contribution in [0, 0.1) is 0 Å². The topological polar surface area (TPSA) is 129 Å². The smallest absolute Gasteiger partial charge is 0.328 e. The van der Waals surface area contributed by atoms with Crippen LogP contribution in [0.5, 0.6) is 0 Å². The minimum Gasteiger partial charge on any atom is -0.328 e. The molecule has 2 heterocycles. The fourth-order valence-electron chi connectivity index (χ4n) is 1.84. The minimum atomic E-state index is -4.63. The Bertz CT molecular complexity index is 812. The molecule has 0 aliphatic rings. The Morgan fingerprint density at radius 3 is 2.60 bits per heavy atom. The molecule has 0 fully saturated rings. The van der Waals surface area contributed by atoms with Crippen molar-refractivity contribution in [1.82, 2.24) is 18.7 Å². The van der Waals surface area contributed by atoms with Crippen LogP contribution >= 0.6 is 7.82 Å². The van der Waals surface area contributed by atoms with E-state index < -0.39 is 25.7 Å². The molecule has 0 unspecified atom stereocenters. The molecule has 2 N–H and O–H groups in total. The van der Waals surface area contributed by atoms with Crippen LogP contribution in [0.1, 0.15) is 0 Å². The zero-order valence-electron chi connectivity index (χ0n) is 10.8. The van der Waals surface area contributed by atoms with Gasteiger partial charge < -0.3 is 14.4 Å². The SMILES string of the molecule is Cn1cnc2c1c(=O)n(CCOP(=O)(O)O)c(=O)n2C. The number of phosphoric ester groups is 1. The first-order chi connectivity index (χ1) is 9.22. The fraction of sp³-hybridized carbons (Fsp3) is 0.444. The van der Waals surface area contributed by atoms with Gasteiger partial charge in [0.1, 0.15) is 0 Å². The highest BCUT2D eigenvalue weighted by Crippen LogP contribution is 2.35. The second-order valence-corrected chi connectivity index (χ2v) is 5.39. The molecular formula is C9H13N4O6P. The first-order valence-electron chi connectivity index (χ1n) is 5.53. The molecular weight excluding hydrogens is 291 g/mol. The quantitative estimate of drug-likeness (QED) is 0.661. The average Bonchev–Trinajstić information content (AvgIpc) is 2.72. The van der Waals surface area contributed by atoms with Crippen LogP contribution < -0.4 is 11.2 Å². The standard InChI is InChI=1S/C9H13N4O6P/c1-11-5-10-7-6(11)8(14)13(9(15)12(7)2)3-4-19-20(16,17)18/h5H,3-4H2,1-2H3,(H2,16,17,18). The van der Waals surface area contributed by atoms with Gasteiger partial charge in [-0.25, -0.2) is 14.3 Å². The second-order valence-electron chi connectivity index (χ2n) is 4.15. The highest BCUT2D eigenvalue weighted by atomic mass is 31.2. The van der Waals surface area contributed by atoms with Crippen LogP contribution in [0.15, 0.2) is 15.9 Å². The third kappa shape index (κ3) is 2.59. The lowest BCUT2D eigenvalue weighted by Crippen LogP contribution is -2.40. The van der Waals surface area contributed by atoms with Gasteiger partial charge in [-0.15, -0.1) is 0 Å². The zero-order valence-corrected chi connectivity index (χ0v) is 11.6. The Balaban J connectivity index is 2.49. The Kier molecular flexibility index (Phi) is 3.65. The molecule has 0 saturated carbocycles. The summed E-state index contributed by atoms with van der Waals surface area (Å²) in [7, 11) is -1.57. The highest BCUT2D eigenvalue weighted by Gasteiger charge is 2.17. The molecule has 0 bridgehead atoms. The lowest BCUT2D eigenvalue weighted by Gasteiger charge is -2.09. The molecule has 0 spiro atoms. The largest absolute Gasteiger partial charge is 0.469 e. The van der Waals surface area contributed by atoms with Crippen LogP contribution in [0.4, 0.5) is 0 Å². The van der Waals surface area contributed by atoms with Crippen LogP contribution in [-0.4, -0.2) is 35.1 Å². The number of phosphoric acid groups is 1. The fourth-order valence-corrected chi connectivity index (χ4v) is 2.16. The van der Waals surface area contributed by atoms with E-state index in [0.717, 1.165) is 4.57 Å². The molecule has 0 aromatic carbocycles. The summed E-state index contributed by atoms with van der Waals surface area (Å²) in [4.78, 5) is 45.3. The first kappa shape index (κ1) is 14.7. The van der Waals surface area contributed by atoms with E-state index in [1.807, 2.05) is 0 Å². The molecule has 2 rings (SSSR count). The van der Waals surface area contributed by atoms with Gasteiger partial charge in [0.2, 0.25) is 0 Å². The van der Waals surface area contributed by atoms with Gasteiger partial charge in [0.15, 0.2) is 11.2 Å². The lowest BCUT2D eigenvalue weighted by atomic mass is 10.5. The summed E-state index contributed by atoms with van der Waals surface area (Å²) in [6.45, 7) is -0.722. The van der Waals surface area contributed by atoms with E-state index in [4.69, 9.17) is 9.79 Å². The summed E-state index contributed by atoms with van der Waals surface area (Å²) >= 11 is 0. The maximum atomic E-state index is 12.2. The van der Waals surface area contributed by atoms with Crippen molar-refractivity contribution in [2.75, 3.05) is 6.61 Å². The third-order valence-electron chi connectivity index (χ3n) is 2.78. The van der Waals surface area contributed by atoms with Crippen LogP contribution in [0.25, 0.3) is 11.2 Å². The summed E-state index contributed by atoms with van der Waals surface area (Å²) in [5.41, 5.74) is -0.745. The number of fused-ring (bicyclic) bond motifs is 1. The van der Waals surface area contributed by atoms with Gasteiger partial charge in [0.25, 0.3) is 5.56 Å². The van der Waals surface area contributed by atoms with Gasteiger partial charge in [-0.2, -0.15) is 0 Å². The number of nitrogens with zero attached hydrogens (tertiary/aromatic N) is 4. The minimum absolute atomic E-state index is 0.225. The normalized spacial score (nSPS) is 12.2. The van der Waals surface area contributed by atoms with Crippen molar-refractivity contribution >= 4 is 19.0 Å². The molecule has 0 radical (unpaired) electrons. The molecule has 0 amide bonds. The predicted octanol–water partition coefficient (Wildman–Crippen LogP) is -1.46. The molecule has 11 heteroatoms. The third-order valence-corrected chi connectivity index (χ3v) is 3.29. The molecule has 2 aromatic rings. The van der Waals surface area contributed by atoms with E-state index in [0.29, 0.717) is 0 Å². The maximum absolute atomic E-state index is 12.2. The maximum Gasteiger partial charge on any atom is 0.469 e. The van der Waals surface area contributed by atoms with Crippen LogP contribution in [0.3, 0.4) is 0 Å². The molecule has 0 aliphatic carbocycles. The number of aromatic nitrogens is 4. The average molecular weight is 304 g/mol. The summed E-state index contributed by atoms with van der Waals surface area (Å²) < 4.78 is 18.3. The predicted molar refractivity (Wildman–Crippen MR) is 68.2 cm³/mol. The van der Waals surface area contributed by atoms with Gasteiger partial charge in [-0.3, -0.25) is 18.5 Å². The van der Waals surface area contributed by atoms with Gasteiger partial charge in [0.05, 0.1) is 19.5 Å². The van der Waals surface area contributed by atoms with Crippen LogP contribution in [0.2, 0.25) is 0 Å². The van der Waals surface area contributed by atoms with E-state index >= 15 is 0 Å². The zero-order chi connectivity index (χ0) is 15.1. The van der Waals surface area contributed by atoms with Gasteiger partial charge in [-0.05, 0) is 0 Å². The van der Waals surface area contributed by atoms with E-state index in [2.05, 4.69) is 9.51 Å². The summed E-state index contributed by atoms with van der Waals surface area (Å²) in [5, 5.41) is 0. The number of imidazole rings is 1. The van der Waals surface area contributed by atoms with Gasteiger partial charge >= 0.3 is 13.5 Å². The second kappa shape index (κ2) is 4.98. The van der Waals surface area contributed by atoms with Crippen molar-refractivity contribution in [3.63, 3.8) is 0 Å². The Hall–Kier alpha value is -1.74. The van der Waals surface area contributed by atoms with Crippen molar-refractivity contribution in [2.45, 2.75) is 6.54 Å². The number of aryl methyl sites for hydroxylation is 2. The van der Waals surface area contributed by atoms with E-state index in [-0.39, 0.29) is 17.7 Å². The van der Waals surface area contributed by atoms with Gasteiger partial charge in [0, 0.05) is 14.1 Å². The number of rotatable bonds is 4. The van der Waals surface area contributed by atoms with Crippen molar-refractivity contribution in [3.8, 4) is 0 Å². The van der Waals surface area contributed by atoms with Crippen LogP contribution in [-0.2, 0) is 29.7 Å². The number of hydrogen-bond acceptors (Lipinski definition) is 5. The van der Waals surface area contributed by atoms with Crippen molar-refractivity contribution in [2.24, 2.45) is 14.1 Å². The number of hydrogen-bond donors (Lipinski definition) is 2. The van der Waals surface area contributed by atoms with Gasteiger partial charge in [-0.1, -0.05) is 0 Å². The molecule has 0 atom stereocenters. The summed E-state index contributed by atoms with van der Waals surface area (Å²) in [5.74, 6) is 0. The Morgan fingerprint density at radius 1 is 1.35 bits per heavy atom. The lowest BCUT2D eigenvalue weighted by molar-refractivity contribution is 0.188. The molecule has 20 heavy (non-hydrogen) atoms. The summed E-state index contributed by atoms with van der Waals surface area (Å²) in [6.07, 6.45) is 1.40.